The predicted molar refractivity (Wildman–Crippen MR) is 81.0 cm³/mol. The lowest BCUT2D eigenvalue weighted by atomic mass is 10.1. The summed E-state index contributed by atoms with van der Waals surface area (Å²) in [6, 6.07) is 9.39. The Hall–Kier alpha value is -1.79. The minimum atomic E-state index is -3.20. The number of nitrogens with zero attached hydrogens (tertiary/aromatic N) is 3. The molecule has 0 aliphatic carbocycles. The molecule has 21 heavy (non-hydrogen) atoms. The van der Waals surface area contributed by atoms with E-state index in [1.54, 1.807) is 16.7 Å². The monoisotopic (exact) mass is 303 g/mol. The van der Waals surface area contributed by atoms with Crippen molar-refractivity contribution in [3.05, 3.63) is 48.4 Å². The van der Waals surface area contributed by atoms with Crippen molar-refractivity contribution in [2.45, 2.75) is 18.9 Å². The van der Waals surface area contributed by atoms with Gasteiger partial charge in [-0.3, -0.25) is 9.97 Å². The topological polar surface area (TPSA) is 63.2 Å². The molecule has 2 aromatic rings. The SMILES string of the molecule is CS(=O)(=O)N1CCCC1c1cccc(-c2cccnc2)n1. The summed E-state index contributed by atoms with van der Waals surface area (Å²) in [5.41, 5.74) is 2.56. The Morgan fingerprint density at radius 1 is 1.24 bits per heavy atom. The molecule has 1 atom stereocenters. The highest BCUT2D eigenvalue weighted by molar-refractivity contribution is 7.88. The lowest BCUT2D eigenvalue weighted by molar-refractivity contribution is 0.394. The van der Waals surface area contributed by atoms with Crippen molar-refractivity contribution in [2.24, 2.45) is 0 Å². The first-order chi connectivity index (χ1) is 10.1. The average molecular weight is 303 g/mol. The van der Waals surface area contributed by atoms with E-state index in [0.29, 0.717) is 6.54 Å². The summed E-state index contributed by atoms with van der Waals surface area (Å²) in [6.45, 7) is 0.572. The maximum absolute atomic E-state index is 11.9. The third kappa shape index (κ3) is 2.96. The molecule has 110 valence electrons. The fourth-order valence-corrected chi connectivity index (χ4v) is 3.88. The van der Waals surface area contributed by atoms with Gasteiger partial charge in [-0.2, -0.15) is 4.31 Å². The van der Waals surface area contributed by atoms with E-state index < -0.39 is 10.0 Å². The lowest BCUT2D eigenvalue weighted by Gasteiger charge is -2.22. The van der Waals surface area contributed by atoms with E-state index in [1.165, 1.54) is 6.26 Å². The first kappa shape index (κ1) is 14.2. The summed E-state index contributed by atoms with van der Waals surface area (Å²) in [4.78, 5) is 8.74. The van der Waals surface area contributed by atoms with E-state index in [2.05, 4.69) is 9.97 Å². The first-order valence-electron chi connectivity index (χ1n) is 6.90. The second-order valence-corrected chi connectivity index (χ2v) is 7.16. The zero-order valence-electron chi connectivity index (χ0n) is 11.8. The molecule has 3 rings (SSSR count). The normalized spacial score (nSPS) is 19.8. The predicted octanol–water partition coefficient (Wildman–Crippen LogP) is 2.24. The molecule has 0 N–H and O–H groups in total. The van der Waals surface area contributed by atoms with Crippen molar-refractivity contribution in [3.63, 3.8) is 0 Å². The van der Waals surface area contributed by atoms with Gasteiger partial charge in [-0.1, -0.05) is 6.07 Å². The maximum atomic E-state index is 11.9. The van der Waals surface area contributed by atoms with Crippen LogP contribution in [0.4, 0.5) is 0 Å². The summed E-state index contributed by atoms with van der Waals surface area (Å²) in [5.74, 6) is 0. The second-order valence-electron chi connectivity index (χ2n) is 5.22. The van der Waals surface area contributed by atoms with Crippen molar-refractivity contribution in [1.29, 1.82) is 0 Å². The molecule has 0 bridgehead atoms. The van der Waals surface area contributed by atoms with Gasteiger partial charge in [0.2, 0.25) is 10.0 Å². The Labute approximate surface area is 124 Å². The van der Waals surface area contributed by atoms with Crippen LogP contribution in [0.15, 0.2) is 42.7 Å². The van der Waals surface area contributed by atoms with Crippen LogP contribution in [-0.4, -0.2) is 35.5 Å². The average Bonchev–Trinajstić information content (AvgIpc) is 2.98. The van der Waals surface area contributed by atoms with Gasteiger partial charge in [0, 0.05) is 24.5 Å². The van der Waals surface area contributed by atoms with Gasteiger partial charge in [0.05, 0.1) is 23.7 Å². The molecule has 0 amide bonds. The highest BCUT2D eigenvalue weighted by Crippen LogP contribution is 2.33. The van der Waals surface area contributed by atoms with Gasteiger partial charge in [-0.05, 0) is 37.1 Å². The molecule has 1 aliphatic rings. The quantitative estimate of drug-likeness (QED) is 0.872. The van der Waals surface area contributed by atoms with E-state index >= 15 is 0 Å². The smallest absolute Gasteiger partial charge is 0.211 e. The molecule has 1 aliphatic heterocycles. The largest absolute Gasteiger partial charge is 0.264 e. The molecule has 1 saturated heterocycles. The number of hydrogen-bond acceptors (Lipinski definition) is 4. The lowest BCUT2D eigenvalue weighted by Crippen LogP contribution is -2.29. The van der Waals surface area contributed by atoms with Gasteiger partial charge in [-0.15, -0.1) is 0 Å². The Kier molecular flexibility index (Phi) is 3.73. The number of aromatic nitrogens is 2. The molecule has 2 aromatic heterocycles. The molecule has 1 unspecified atom stereocenters. The molecule has 5 nitrogen and oxygen atoms in total. The molecule has 1 fully saturated rings. The third-order valence-electron chi connectivity index (χ3n) is 3.70. The molecule has 0 aromatic carbocycles. The number of pyridine rings is 2. The summed E-state index contributed by atoms with van der Waals surface area (Å²) in [6.07, 6.45) is 6.42. The van der Waals surface area contributed by atoms with Crippen molar-refractivity contribution >= 4 is 10.0 Å². The van der Waals surface area contributed by atoms with E-state index in [-0.39, 0.29) is 6.04 Å². The molecule has 3 heterocycles. The summed E-state index contributed by atoms with van der Waals surface area (Å²) in [5, 5.41) is 0. The van der Waals surface area contributed by atoms with Crippen LogP contribution in [-0.2, 0) is 10.0 Å². The summed E-state index contributed by atoms with van der Waals surface area (Å²) in [7, 11) is -3.20. The van der Waals surface area contributed by atoms with Gasteiger partial charge in [0.15, 0.2) is 0 Å². The first-order valence-corrected chi connectivity index (χ1v) is 8.75. The zero-order chi connectivity index (χ0) is 14.9. The van der Waals surface area contributed by atoms with Crippen LogP contribution < -0.4 is 0 Å². The van der Waals surface area contributed by atoms with Gasteiger partial charge >= 0.3 is 0 Å². The van der Waals surface area contributed by atoms with E-state index in [4.69, 9.17) is 0 Å². The van der Waals surface area contributed by atoms with E-state index in [9.17, 15) is 8.42 Å². The van der Waals surface area contributed by atoms with Crippen LogP contribution >= 0.6 is 0 Å². The van der Waals surface area contributed by atoms with Crippen molar-refractivity contribution in [1.82, 2.24) is 14.3 Å². The summed E-state index contributed by atoms with van der Waals surface area (Å²) >= 11 is 0. The Morgan fingerprint density at radius 2 is 2.10 bits per heavy atom. The van der Waals surface area contributed by atoms with Crippen molar-refractivity contribution in [2.75, 3.05) is 12.8 Å². The Morgan fingerprint density at radius 3 is 2.81 bits per heavy atom. The second kappa shape index (κ2) is 5.54. The van der Waals surface area contributed by atoms with Crippen LogP contribution in [0.5, 0.6) is 0 Å². The molecule has 0 spiro atoms. The van der Waals surface area contributed by atoms with Crippen LogP contribution in [0.25, 0.3) is 11.3 Å². The van der Waals surface area contributed by atoms with Crippen LogP contribution in [0, 0.1) is 0 Å². The van der Waals surface area contributed by atoms with Crippen molar-refractivity contribution in [3.8, 4) is 11.3 Å². The molecule has 0 saturated carbocycles. The van der Waals surface area contributed by atoms with Crippen LogP contribution in [0.2, 0.25) is 0 Å². The third-order valence-corrected chi connectivity index (χ3v) is 4.99. The highest BCUT2D eigenvalue weighted by atomic mass is 32.2. The van der Waals surface area contributed by atoms with E-state index in [0.717, 1.165) is 29.8 Å². The number of hydrogen-bond donors (Lipinski definition) is 0. The Balaban J connectivity index is 1.97. The number of sulfonamides is 1. The number of rotatable bonds is 3. The zero-order valence-corrected chi connectivity index (χ0v) is 12.6. The van der Waals surface area contributed by atoms with Crippen LogP contribution in [0.3, 0.4) is 0 Å². The maximum Gasteiger partial charge on any atom is 0.211 e. The van der Waals surface area contributed by atoms with Gasteiger partial charge in [-0.25, -0.2) is 8.42 Å². The van der Waals surface area contributed by atoms with E-state index in [1.807, 2.05) is 30.3 Å². The molecule has 0 radical (unpaired) electrons. The highest BCUT2D eigenvalue weighted by Gasteiger charge is 2.33. The minimum Gasteiger partial charge on any atom is -0.264 e. The Bertz CT molecular complexity index is 732. The van der Waals surface area contributed by atoms with Gasteiger partial charge in [0.25, 0.3) is 0 Å². The van der Waals surface area contributed by atoms with Gasteiger partial charge < -0.3 is 0 Å². The minimum absolute atomic E-state index is 0.156. The standard InChI is InChI=1S/C15H17N3O2S/c1-21(19,20)18-10-4-8-15(18)14-7-2-6-13(17-14)12-5-3-9-16-11-12/h2-3,5-7,9,11,15H,4,8,10H2,1H3. The van der Waals surface area contributed by atoms with Crippen molar-refractivity contribution < 1.29 is 8.42 Å². The molecular weight excluding hydrogens is 286 g/mol. The van der Waals surface area contributed by atoms with Gasteiger partial charge in [0.1, 0.15) is 0 Å². The molecule has 6 heteroatoms. The van der Waals surface area contributed by atoms with Crippen LogP contribution in [0.1, 0.15) is 24.6 Å². The fraction of sp³-hybridized carbons (Fsp3) is 0.333. The summed E-state index contributed by atoms with van der Waals surface area (Å²) < 4.78 is 25.3. The molecular formula is C15H17N3O2S. The fourth-order valence-electron chi connectivity index (χ4n) is 2.74.